The van der Waals surface area contributed by atoms with Crippen molar-refractivity contribution >= 4 is 35.0 Å². The van der Waals surface area contributed by atoms with E-state index in [1.165, 1.54) is 12.1 Å². The number of nitro groups is 1. The maximum atomic E-state index is 11.5. The van der Waals surface area contributed by atoms with Crippen molar-refractivity contribution < 1.29 is 19.6 Å². The van der Waals surface area contributed by atoms with Gasteiger partial charge in [-0.05, 0) is 12.5 Å². The number of non-ortho nitro benzene ring substituents is 1. The predicted octanol–water partition coefficient (Wildman–Crippen LogP) is 2.23. The van der Waals surface area contributed by atoms with Crippen molar-refractivity contribution in [3.8, 4) is 0 Å². The molecule has 1 aromatic rings. The van der Waals surface area contributed by atoms with Gasteiger partial charge in [-0.3, -0.25) is 14.9 Å². The van der Waals surface area contributed by atoms with Gasteiger partial charge in [-0.1, -0.05) is 11.6 Å². The maximum Gasteiger partial charge on any atom is 0.319 e. The number of nitro benzene ring substituents is 1. The summed E-state index contributed by atoms with van der Waals surface area (Å²) in [5, 5.41) is 24.0. The molecule has 0 bridgehead atoms. The second-order valence-corrected chi connectivity index (χ2v) is 4.21. The number of carbonyl (C=O) groups is 2. The minimum Gasteiger partial charge on any atom is -0.481 e. The Morgan fingerprint density at radius 1 is 1.40 bits per heavy atom. The second kappa shape index (κ2) is 7.29. The third-order valence-corrected chi connectivity index (χ3v) is 2.59. The summed E-state index contributed by atoms with van der Waals surface area (Å²) in [6.07, 6.45) is 0.225. The number of carboxylic acids is 1. The summed E-state index contributed by atoms with van der Waals surface area (Å²) < 4.78 is 0. The molecule has 3 N–H and O–H groups in total. The van der Waals surface area contributed by atoms with Crippen LogP contribution in [0.3, 0.4) is 0 Å². The number of rotatable bonds is 6. The normalized spacial score (nSPS) is 9.85. The minimum absolute atomic E-state index is 0.0577. The summed E-state index contributed by atoms with van der Waals surface area (Å²) in [5.74, 6) is -0.950. The third-order valence-electron chi connectivity index (χ3n) is 2.26. The number of carboxylic acid groups (broad SMARTS) is 1. The molecule has 9 heteroatoms. The highest BCUT2D eigenvalue weighted by atomic mass is 35.5. The quantitative estimate of drug-likeness (QED) is 0.422. The van der Waals surface area contributed by atoms with E-state index in [0.717, 1.165) is 6.07 Å². The number of carbonyl (C=O) groups excluding carboxylic acids is 1. The largest absolute Gasteiger partial charge is 0.481 e. The topological polar surface area (TPSA) is 122 Å². The lowest BCUT2D eigenvalue weighted by molar-refractivity contribution is -0.384. The van der Waals surface area contributed by atoms with E-state index in [4.69, 9.17) is 16.7 Å². The summed E-state index contributed by atoms with van der Waals surface area (Å²) in [6.45, 7) is 0.171. The van der Waals surface area contributed by atoms with Gasteiger partial charge in [0.2, 0.25) is 0 Å². The number of nitrogens with one attached hydrogen (secondary N) is 2. The number of amides is 2. The standard InChI is InChI=1S/C11H12ClN3O5/c12-8-4-3-7(15(19)20)6-9(8)14-11(18)13-5-1-2-10(16)17/h3-4,6H,1-2,5H2,(H,16,17)(H2,13,14,18). The first-order chi connectivity index (χ1) is 9.40. The predicted molar refractivity (Wildman–Crippen MR) is 72.0 cm³/mol. The van der Waals surface area contributed by atoms with E-state index in [0.29, 0.717) is 0 Å². The van der Waals surface area contributed by atoms with Gasteiger partial charge in [-0.15, -0.1) is 0 Å². The molecule has 2 amide bonds. The van der Waals surface area contributed by atoms with Gasteiger partial charge in [-0.2, -0.15) is 0 Å². The molecule has 0 aliphatic heterocycles. The molecule has 0 spiro atoms. The fraction of sp³-hybridized carbons (Fsp3) is 0.273. The Hall–Kier alpha value is -2.35. The Bertz CT molecular complexity index is 535. The molecule has 0 fully saturated rings. The van der Waals surface area contributed by atoms with Crippen molar-refractivity contribution in [2.24, 2.45) is 0 Å². The first-order valence-electron chi connectivity index (χ1n) is 5.60. The van der Waals surface area contributed by atoms with E-state index in [1.54, 1.807) is 0 Å². The molecule has 0 heterocycles. The number of halogens is 1. The van der Waals surface area contributed by atoms with Crippen molar-refractivity contribution in [1.29, 1.82) is 0 Å². The highest BCUT2D eigenvalue weighted by Gasteiger charge is 2.11. The number of benzene rings is 1. The van der Waals surface area contributed by atoms with Crippen LogP contribution in [0.25, 0.3) is 0 Å². The zero-order valence-electron chi connectivity index (χ0n) is 10.3. The van der Waals surface area contributed by atoms with Gasteiger partial charge in [0.25, 0.3) is 5.69 Å². The fourth-order valence-corrected chi connectivity index (χ4v) is 1.50. The number of aliphatic carboxylic acids is 1. The second-order valence-electron chi connectivity index (χ2n) is 3.80. The number of hydrogen-bond acceptors (Lipinski definition) is 4. The smallest absolute Gasteiger partial charge is 0.319 e. The van der Waals surface area contributed by atoms with Gasteiger partial charge in [0.05, 0.1) is 15.6 Å². The fourth-order valence-electron chi connectivity index (χ4n) is 1.33. The van der Waals surface area contributed by atoms with Gasteiger partial charge in [0.15, 0.2) is 0 Å². The van der Waals surface area contributed by atoms with E-state index in [2.05, 4.69) is 10.6 Å². The minimum atomic E-state index is -0.950. The average molecular weight is 302 g/mol. The molecule has 20 heavy (non-hydrogen) atoms. The van der Waals surface area contributed by atoms with Gasteiger partial charge < -0.3 is 15.7 Å². The van der Waals surface area contributed by atoms with Crippen LogP contribution in [0.4, 0.5) is 16.2 Å². The molecule has 108 valence electrons. The Kier molecular flexibility index (Phi) is 5.73. The van der Waals surface area contributed by atoms with E-state index in [1.807, 2.05) is 0 Å². The van der Waals surface area contributed by atoms with E-state index in [-0.39, 0.29) is 35.8 Å². The molecule has 8 nitrogen and oxygen atoms in total. The van der Waals surface area contributed by atoms with Crippen LogP contribution in [0.15, 0.2) is 18.2 Å². The molecule has 0 aromatic heterocycles. The van der Waals surface area contributed by atoms with Crippen molar-refractivity contribution in [3.63, 3.8) is 0 Å². The Balaban J connectivity index is 2.55. The van der Waals surface area contributed by atoms with Gasteiger partial charge in [-0.25, -0.2) is 4.79 Å². The van der Waals surface area contributed by atoms with Crippen LogP contribution < -0.4 is 10.6 Å². The van der Waals surface area contributed by atoms with E-state index >= 15 is 0 Å². The molecule has 0 aliphatic carbocycles. The monoisotopic (exact) mass is 301 g/mol. The van der Waals surface area contributed by atoms with Crippen LogP contribution in [-0.2, 0) is 4.79 Å². The molecule has 1 rings (SSSR count). The van der Waals surface area contributed by atoms with Crippen LogP contribution in [0.2, 0.25) is 5.02 Å². The zero-order chi connectivity index (χ0) is 15.1. The van der Waals surface area contributed by atoms with Crippen molar-refractivity contribution in [2.45, 2.75) is 12.8 Å². The molecule has 0 aliphatic rings. The number of anilines is 1. The van der Waals surface area contributed by atoms with Crippen LogP contribution >= 0.6 is 11.6 Å². The molecule has 0 radical (unpaired) electrons. The Labute approximate surface area is 118 Å². The van der Waals surface area contributed by atoms with Crippen LogP contribution in [-0.4, -0.2) is 28.6 Å². The molecule has 1 aromatic carbocycles. The van der Waals surface area contributed by atoms with Crippen molar-refractivity contribution in [1.82, 2.24) is 5.32 Å². The van der Waals surface area contributed by atoms with Crippen LogP contribution in [0, 0.1) is 10.1 Å². The lowest BCUT2D eigenvalue weighted by Gasteiger charge is -2.08. The zero-order valence-corrected chi connectivity index (χ0v) is 11.0. The molecular formula is C11H12ClN3O5. The van der Waals surface area contributed by atoms with Crippen LogP contribution in [0.1, 0.15) is 12.8 Å². The lowest BCUT2D eigenvalue weighted by atomic mass is 10.3. The summed E-state index contributed by atoms with van der Waals surface area (Å²) in [5.41, 5.74) is -0.0906. The average Bonchev–Trinajstić information content (AvgIpc) is 2.37. The Morgan fingerprint density at radius 2 is 2.10 bits per heavy atom. The molecule has 0 saturated carbocycles. The maximum absolute atomic E-state index is 11.5. The number of nitrogens with zero attached hydrogens (tertiary/aromatic N) is 1. The van der Waals surface area contributed by atoms with E-state index < -0.39 is 16.9 Å². The van der Waals surface area contributed by atoms with Gasteiger partial charge >= 0.3 is 12.0 Å². The molecule has 0 saturated heterocycles. The highest BCUT2D eigenvalue weighted by Crippen LogP contribution is 2.26. The summed E-state index contributed by atoms with van der Waals surface area (Å²) in [4.78, 5) is 31.8. The molecular weight excluding hydrogens is 290 g/mol. The van der Waals surface area contributed by atoms with Crippen molar-refractivity contribution in [3.05, 3.63) is 33.3 Å². The molecule has 0 atom stereocenters. The number of hydrogen-bond donors (Lipinski definition) is 3. The SMILES string of the molecule is O=C(O)CCCNC(=O)Nc1cc([N+](=O)[O-])ccc1Cl. The Morgan fingerprint density at radius 3 is 2.70 bits per heavy atom. The first-order valence-corrected chi connectivity index (χ1v) is 5.98. The molecule has 0 unspecified atom stereocenters. The van der Waals surface area contributed by atoms with Crippen LogP contribution in [0.5, 0.6) is 0 Å². The summed E-state index contributed by atoms with van der Waals surface area (Å²) in [6, 6.07) is 3.05. The first kappa shape index (κ1) is 15.7. The number of urea groups is 1. The summed E-state index contributed by atoms with van der Waals surface area (Å²) >= 11 is 5.81. The van der Waals surface area contributed by atoms with Crippen molar-refractivity contribution in [2.75, 3.05) is 11.9 Å². The van der Waals surface area contributed by atoms with Gasteiger partial charge in [0.1, 0.15) is 0 Å². The third kappa shape index (κ3) is 5.11. The van der Waals surface area contributed by atoms with Gasteiger partial charge in [0, 0.05) is 25.1 Å². The van der Waals surface area contributed by atoms with E-state index in [9.17, 15) is 19.7 Å². The highest BCUT2D eigenvalue weighted by molar-refractivity contribution is 6.33. The summed E-state index contributed by atoms with van der Waals surface area (Å²) in [7, 11) is 0. The lowest BCUT2D eigenvalue weighted by Crippen LogP contribution is -2.29.